The Bertz CT molecular complexity index is 926. The number of carboxylic acid groups (broad SMARTS) is 1. The van der Waals surface area contributed by atoms with E-state index >= 15 is 0 Å². The molecule has 0 radical (unpaired) electrons. The summed E-state index contributed by atoms with van der Waals surface area (Å²) in [5.41, 5.74) is 3.65. The zero-order valence-electron chi connectivity index (χ0n) is 21.2. The van der Waals surface area contributed by atoms with Crippen LogP contribution in [0.5, 0.6) is 0 Å². The van der Waals surface area contributed by atoms with E-state index in [-0.39, 0.29) is 24.4 Å². The average Bonchev–Trinajstić information content (AvgIpc) is 3.11. The number of hydrogen-bond acceptors (Lipinski definition) is 4. The van der Waals surface area contributed by atoms with E-state index in [0.717, 1.165) is 83.4 Å². The van der Waals surface area contributed by atoms with E-state index in [9.17, 15) is 14.4 Å². The Labute approximate surface area is 208 Å². The van der Waals surface area contributed by atoms with E-state index in [2.05, 4.69) is 23.1 Å². The van der Waals surface area contributed by atoms with Crippen molar-refractivity contribution in [2.45, 2.75) is 63.8 Å². The zero-order valence-corrected chi connectivity index (χ0v) is 21.2. The minimum absolute atomic E-state index is 0.108. The summed E-state index contributed by atoms with van der Waals surface area (Å²) in [5.74, 6) is -0.0772. The quantitative estimate of drug-likeness (QED) is 0.613. The number of fused-ring (bicyclic) bond motifs is 1. The molecule has 1 aliphatic carbocycles. The van der Waals surface area contributed by atoms with Crippen molar-refractivity contribution in [2.24, 2.45) is 5.92 Å². The number of nitrogens with zero attached hydrogens (tertiary/aromatic N) is 4. The van der Waals surface area contributed by atoms with Gasteiger partial charge in [0.1, 0.15) is 0 Å². The molecule has 1 aromatic rings. The van der Waals surface area contributed by atoms with E-state index < -0.39 is 5.97 Å². The van der Waals surface area contributed by atoms with Crippen molar-refractivity contribution in [3.05, 3.63) is 29.3 Å². The third-order valence-corrected chi connectivity index (χ3v) is 8.10. The molecule has 0 spiro atoms. The Balaban J connectivity index is 1.31. The first-order chi connectivity index (χ1) is 16.8. The fourth-order valence-corrected chi connectivity index (χ4v) is 5.83. The van der Waals surface area contributed by atoms with Crippen LogP contribution in [-0.4, -0.2) is 90.6 Å². The van der Waals surface area contributed by atoms with Crippen LogP contribution in [0.25, 0.3) is 0 Å². The first-order valence-corrected chi connectivity index (χ1v) is 13.2. The number of hydrogen-bond donors (Lipinski definition) is 1. The predicted molar refractivity (Wildman–Crippen MR) is 136 cm³/mol. The molecule has 8 nitrogen and oxygen atoms in total. The Morgan fingerprint density at radius 3 is 2.37 bits per heavy atom. The molecule has 1 aromatic carbocycles. The van der Waals surface area contributed by atoms with Gasteiger partial charge in [0, 0.05) is 71.4 Å². The van der Waals surface area contributed by atoms with Gasteiger partial charge >= 0.3 is 12.0 Å². The normalized spacial score (nSPS) is 23.2. The molecule has 2 heterocycles. The highest BCUT2D eigenvalue weighted by Crippen LogP contribution is 2.33. The molecule has 0 atom stereocenters. The van der Waals surface area contributed by atoms with Gasteiger partial charge in [-0.05, 0) is 74.1 Å². The van der Waals surface area contributed by atoms with E-state index in [0.29, 0.717) is 12.3 Å². The second-order valence-electron chi connectivity index (χ2n) is 10.6. The molecule has 3 amide bonds. The van der Waals surface area contributed by atoms with Crippen molar-refractivity contribution in [3.8, 4) is 0 Å². The van der Waals surface area contributed by atoms with Gasteiger partial charge in [-0.1, -0.05) is 6.07 Å². The first-order valence-electron chi connectivity index (χ1n) is 13.2. The third kappa shape index (κ3) is 6.34. The monoisotopic (exact) mass is 484 g/mol. The second kappa shape index (κ2) is 11.4. The summed E-state index contributed by atoms with van der Waals surface area (Å²) in [6.07, 6.45) is 7.42. The molecule has 0 aromatic heterocycles. The maximum absolute atomic E-state index is 13.3. The standard InChI is InChI=1S/C27H40N4O4/c1-28(2)25(32)13-16-29-14-11-21-6-9-24(19-22(21)12-15-29)31-18-17-30(27(31)35)23-7-3-20(4-8-23)5-10-26(33)34/h6,9,19-20,23H,3-5,7-8,10-18H2,1-2H3,(H,33,34)/t20-,23-. The highest BCUT2D eigenvalue weighted by Gasteiger charge is 2.36. The molecule has 3 aliphatic rings. The molecule has 8 heteroatoms. The highest BCUT2D eigenvalue weighted by molar-refractivity contribution is 5.94. The highest BCUT2D eigenvalue weighted by atomic mass is 16.4. The average molecular weight is 485 g/mol. The van der Waals surface area contributed by atoms with E-state index in [1.807, 2.05) is 9.80 Å². The Morgan fingerprint density at radius 2 is 1.69 bits per heavy atom. The maximum Gasteiger partial charge on any atom is 0.324 e. The maximum atomic E-state index is 13.3. The molecule has 1 saturated carbocycles. The lowest BCUT2D eigenvalue weighted by atomic mass is 9.83. The molecule has 2 aliphatic heterocycles. The van der Waals surface area contributed by atoms with Gasteiger partial charge < -0.3 is 19.8 Å². The number of rotatable bonds is 8. The van der Waals surface area contributed by atoms with Crippen molar-refractivity contribution in [3.63, 3.8) is 0 Å². The van der Waals surface area contributed by atoms with Gasteiger partial charge in [-0.2, -0.15) is 0 Å². The molecule has 192 valence electrons. The first kappa shape index (κ1) is 25.5. The molecular weight excluding hydrogens is 444 g/mol. The number of urea groups is 1. The van der Waals surface area contributed by atoms with Crippen LogP contribution < -0.4 is 4.90 Å². The Kier molecular flexibility index (Phi) is 8.31. The van der Waals surface area contributed by atoms with Gasteiger partial charge in [0.15, 0.2) is 0 Å². The minimum Gasteiger partial charge on any atom is -0.481 e. The van der Waals surface area contributed by atoms with Crippen molar-refractivity contribution < 1.29 is 19.5 Å². The van der Waals surface area contributed by atoms with Gasteiger partial charge in [0.05, 0.1) is 0 Å². The van der Waals surface area contributed by atoms with Crippen molar-refractivity contribution in [1.29, 1.82) is 0 Å². The number of carboxylic acids is 1. The topological polar surface area (TPSA) is 84.4 Å². The van der Waals surface area contributed by atoms with Gasteiger partial charge in [-0.3, -0.25) is 14.5 Å². The van der Waals surface area contributed by atoms with Crippen LogP contribution in [0, 0.1) is 5.92 Å². The van der Waals surface area contributed by atoms with Crippen LogP contribution >= 0.6 is 0 Å². The second-order valence-corrected chi connectivity index (χ2v) is 10.6. The van der Waals surface area contributed by atoms with Crippen molar-refractivity contribution >= 4 is 23.6 Å². The summed E-state index contributed by atoms with van der Waals surface area (Å²) in [7, 11) is 3.60. The molecule has 0 bridgehead atoms. The fourth-order valence-electron chi connectivity index (χ4n) is 5.83. The zero-order chi connectivity index (χ0) is 24.9. The van der Waals surface area contributed by atoms with Gasteiger partial charge in [0.25, 0.3) is 0 Å². The van der Waals surface area contributed by atoms with Crippen LogP contribution in [0.1, 0.15) is 56.1 Å². The van der Waals surface area contributed by atoms with Crippen LogP contribution in [0.2, 0.25) is 0 Å². The Hall–Kier alpha value is -2.61. The summed E-state index contributed by atoms with van der Waals surface area (Å²) in [6.45, 7) is 4.15. The lowest BCUT2D eigenvalue weighted by molar-refractivity contribution is -0.137. The number of carbonyl (C=O) groups excluding carboxylic acids is 2. The molecule has 0 unspecified atom stereocenters. The van der Waals surface area contributed by atoms with Gasteiger partial charge in [-0.15, -0.1) is 0 Å². The summed E-state index contributed by atoms with van der Waals surface area (Å²) in [6, 6.07) is 6.86. The van der Waals surface area contributed by atoms with E-state index in [1.54, 1.807) is 19.0 Å². The minimum atomic E-state index is -0.717. The summed E-state index contributed by atoms with van der Waals surface area (Å²) < 4.78 is 0. The molecule has 1 N–H and O–H groups in total. The molecule has 35 heavy (non-hydrogen) atoms. The summed E-state index contributed by atoms with van der Waals surface area (Å²) in [5, 5.41) is 8.93. The van der Waals surface area contributed by atoms with Crippen LogP contribution in [-0.2, 0) is 22.4 Å². The smallest absolute Gasteiger partial charge is 0.324 e. The fraction of sp³-hybridized carbons (Fsp3) is 0.667. The van der Waals surface area contributed by atoms with Crippen LogP contribution in [0.15, 0.2) is 18.2 Å². The molecule has 2 fully saturated rings. The van der Waals surface area contributed by atoms with Gasteiger partial charge in [-0.25, -0.2) is 4.79 Å². The number of carbonyl (C=O) groups is 3. The largest absolute Gasteiger partial charge is 0.481 e. The molecule has 1 saturated heterocycles. The number of anilines is 1. The van der Waals surface area contributed by atoms with E-state index in [4.69, 9.17) is 5.11 Å². The number of benzene rings is 1. The van der Waals surface area contributed by atoms with E-state index in [1.165, 1.54) is 11.1 Å². The Morgan fingerprint density at radius 1 is 0.971 bits per heavy atom. The molecular formula is C27H40N4O4. The number of amides is 3. The van der Waals surface area contributed by atoms with Gasteiger partial charge in [0.2, 0.25) is 5.91 Å². The molecule has 4 rings (SSSR count). The van der Waals surface area contributed by atoms with Crippen LogP contribution in [0.3, 0.4) is 0 Å². The lowest BCUT2D eigenvalue weighted by Gasteiger charge is -2.34. The SMILES string of the molecule is CN(C)C(=O)CCN1CCc2ccc(N3CCN([C@H]4CC[C@H](CCC(=O)O)CC4)C3=O)cc2CC1. The van der Waals surface area contributed by atoms with Crippen LogP contribution in [0.4, 0.5) is 10.5 Å². The van der Waals surface area contributed by atoms with Crippen molar-refractivity contribution in [2.75, 3.05) is 51.7 Å². The third-order valence-electron chi connectivity index (χ3n) is 8.10. The van der Waals surface area contributed by atoms with Crippen molar-refractivity contribution in [1.82, 2.24) is 14.7 Å². The lowest BCUT2D eigenvalue weighted by Crippen LogP contribution is -2.41. The summed E-state index contributed by atoms with van der Waals surface area (Å²) >= 11 is 0. The predicted octanol–water partition coefficient (Wildman–Crippen LogP) is 3.23. The number of aliphatic carboxylic acids is 1. The summed E-state index contributed by atoms with van der Waals surface area (Å²) in [4.78, 5) is 44.1.